The van der Waals surface area contributed by atoms with Crippen LogP contribution in [-0.4, -0.2) is 34.7 Å². The van der Waals surface area contributed by atoms with Gasteiger partial charge in [0, 0.05) is 10.5 Å². The molecule has 1 fully saturated rings. The minimum absolute atomic E-state index is 0.000233. The fraction of sp³-hybridized carbons (Fsp3) is 0.500. The number of methoxy groups -OCH3 is 1. The Morgan fingerprint density at radius 2 is 2.05 bits per heavy atom. The molecule has 5 nitrogen and oxygen atoms in total. The predicted octanol–water partition coefficient (Wildman–Crippen LogP) is 1.49. The fourth-order valence-corrected chi connectivity index (χ4v) is 4.41. The second-order valence-electron chi connectivity index (χ2n) is 4.44. The number of rotatable bonds is 4. The van der Waals surface area contributed by atoms with Crippen LogP contribution in [0, 0.1) is 0 Å². The zero-order chi connectivity index (χ0) is 13.9. The van der Waals surface area contributed by atoms with Crippen LogP contribution in [0.25, 0.3) is 0 Å². The van der Waals surface area contributed by atoms with E-state index in [1.54, 1.807) is 25.3 Å². The zero-order valence-corrected chi connectivity index (χ0v) is 13.1. The van der Waals surface area contributed by atoms with Crippen LogP contribution in [0.1, 0.15) is 12.8 Å². The Morgan fingerprint density at radius 3 is 2.63 bits per heavy atom. The molecule has 0 radical (unpaired) electrons. The zero-order valence-electron chi connectivity index (χ0n) is 10.6. The lowest BCUT2D eigenvalue weighted by Gasteiger charge is -2.23. The quantitative estimate of drug-likeness (QED) is 0.864. The van der Waals surface area contributed by atoms with Gasteiger partial charge in [0.05, 0.1) is 12.0 Å². The number of hydrogen-bond donors (Lipinski definition) is 2. The van der Waals surface area contributed by atoms with Crippen LogP contribution in [0.3, 0.4) is 0 Å². The van der Waals surface area contributed by atoms with Gasteiger partial charge in [-0.15, -0.1) is 0 Å². The molecule has 7 heteroatoms. The van der Waals surface area contributed by atoms with Crippen LogP contribution in [0.4, 0.5) is 0 Å². The molecule has 2 N–H and O–H groups in total. The van der Waals surface area contributed by atoms with Crippen LogP contribution >= 0.6 is 15.9 Å². The Hall–Kier alpha value is -0.630. The first kappa shape index (κ1) is 14.8. The van der Waals surface area contributed by atoms with E-state index in [1.807, 2.05) is 0 Å². The molecule has 1 aromatic rings. The van der Waals surface area contributed by atoms with Gasteiger partial charge >= 0.3 is 0 Å². The standard InChI is InChI=1S/C12H17BrN2O3S/c1-18-10-2-3-12(11(13)8-10)19(16,17)15-9-4-6-14-7-5-9/h2-3,8-9,14-15H,4-7H2,1H3. The second kappa shape index (κ2) is 6.21. The summed E-state index contributed by atoms with van der Waals surface area (Å²) in [5.74, 6) is 0.618. The predicted molar refractivity (Wildman–Crippen MR) is 76.9 cm³/mol. The monoisotopic (exact) mass is 348 g/mol. The fourth-order valence-electron chi connectivity index (χ4n) is 2.05. The van der Waals surface area contributed by atoms with Gasteiger partial charge < -0.3 is 10.1 Å². The Labute approximate surface area is 121 Å². The maximum atomic E-state index is 12.3. The summed E-state index contributed by atoms with van der Waals surface area (Å²) < 4.78 is 33.0. The summed E-state index contributed by atoms with van der Waals surface area (Å²) in [5, 5.41) is 3.21. The van der Waals surface area contributed by atoms with Gasteiger partial charge in [0.1, 0.15) is 5.75 Å². The van der Waals surface area contributed by atoms with Crippen LogP contribution < -0.4 is 14.8 Å². The Bertz CT molecular complexity index is 542. The molecule has 0 atom stereocenters. The molecule has 1 heterocycles. The summed E-state index contributed by atoms with van der Waals surface area (Å²) in [4.78, 5) is 0.242. The molecule has 19 heavy (non-hydrogen) atoms. The van der Waals surface area contributed by atoms with E-state index in [-0.39, 0.29) is 10.9 Å². The molecule has 1 aliphatic heterocycles. The highest BCUT2D eigenvalue weighted by Gasteiger charge is 2.23. The molecule has 0 aromatic heterocycles. The molecule has 0 bridgehead atoms. The molecule has 0 aliphatic carbocycles. The Morgan fingerprint density at radius 1 is 1.37 bits per heavy atom. The third kappa shape index (κ3) is 3.68. The molecule has 1 aromatic carbocycles. The molecule has 1 aliphatic rings. The first-order valence-corrected chi connectivity index (χ1v) is 8.37. The number of hydrogen-bond acceptors (Lipinski definition) is 4. The molecular formula is C12H17BrN2O3S. The SMILES string of the molecule is COc1ccc(S(=O)(=O)NC2CCNCC2)c(Br)c1. The minimum atomic E-state index is -3.50. The average molecular weight is 349 g/mol. The summed E-state index contributed by atoms with van der Waals surface area (Å²) in [6.07, 6.45) is 1.63. The third-order valence-electron chi connectivity index (χ3n) is 3.09. The van der Waals surface area contributed by atoms with Crippen molar-refractivity contribution in [3.05, 3.63) is 22.7 Å². The lowest BCUT2D eigenvalue weighted by molar-refractivity contribution is 0.414. The summed E-state index contributed by atoms with van der Waals surface area (Å²) in [5.41, 5.74) is 0. The highest BCUT2D eigenvalue weighted by Crippen LogP contribution is 2.27. The average Bonchev–Trinajstić information content (AvgIpc) is 2.38. The molecule has 0 unspecified atom stereocenters. The van der Waals surface area contributed by atoms with E-state index in [9.17, 15) is 8.42 Å². The van der Waals surface area contributed by atoms with Gasteiger partial charge in [-0.3, -0.25) is 0 Å². The number of ether oxygens (including phenoxy) is 1. The van der Waals surface area contributed by atoms with Crippen molar-refractivity contribution in [2.75, 3.05) is 20.2 Å². The van der Waals surface area contributed by atoms with Gasteiger partial charge in [-0.2, -0.15) is 0 Å². The number of piperidine rings is 1. The van der Waals surface area contributed by atoms with E-state index in [1.165, 1.54) is 0 Å². The lowest BCUT2D eigenvalue weighted by Crippen LogP contribution is -2.42. The van der Waals surface area contributed by atoms with Crippen LogP contribution in [0.5, 0.6) is 5.75 Å². The molecule has 0 spiro atoms. The molecule has 0 amide bonds. The van der Waals surface area contributed by atoms with Crippen molar-refractivity contribution in [3.63, 3.8) is 0 Å². The highest BCUT2D eigenvalue weighted by atomic mass is 79.9. The Balaban J connectivity index is 2.18. The summed E-state index contributed by atoms with van der Waals surface area (Å²) in [6, 6.07) is 4.84. The molecule has 106 valence electrons. The minimum Gasteiger partial charge on any atom is -0.497 e. The first-order valence-electron chi connectivity index (χ1n) is 6.09. The number of nitrogens with one attached hydrogen (secondary N) is 2. The Kier molecular flexibility index (Phi) is 4.83. The topological polar surface area (TPSA) is 67.4 Å². The van der Waals surface area contributed by atoms with Crippen molar-refractivity contribution in [1.29, 1.82) is 0 Å². The van der Waals surface area contributed by atoms with Crippen LogP contribution in [0.2, 0.25) is 0 Å². The largest absolute Gasteiger partial charge is 0.497 e. The van der Waals surface area contributed by atoms with Crippen LogP contribution in [-0.2, 0) is 10.0 Å². The van der Waals surface area contributed by atoms with Gasteiger partial charge in [0.2, 0.25) is 10.0 Å². The number of halogens is 1. The highest BCUT2D eigenvalue weighted by molar-refractivity contribution is 9.10. The maximum Gasteiger partial charge on any atom is 0.241 e. The van der Waals surface area contributed by atoms with Gasteiger partial charge in [-0.05, 0) is 60.1 Å². The van der Waals surface area contributed by atoms with Crippen molar-refractivity contribution in [3.8, 4) is 5.75 Å². The van der Waals surface area contributed by atoms with Gasteiger partial charge in [0.25, 0.3) is 0 Å². The van der Waals surface area contributed by atoms with Crippen molar-refractivity contribution >= 4 is 26.0 Å². The smallest absolute Gasteiger partial charge is 0.241 e. The number of sulfonamides is 1. The second-order valence-corrected chi connectivity index (χ2v) is 6.98. The summed E-state index contributed by atoms with van der Waals surface area (Å²) >= 11 is 3.28. The van der Waals surface area contributed by atoms with E-state index in [0.29, 0.717) is 10.2 Å². The van der Waals surface area contributed by atoms with E-state index >= 15 is 0 Å². The molecule has 1 saturated heterocycles. The van der Waals surface area contributed by atoms with Crippen molar-refractivity contribution in [2.45, 2.75) is 23.8 Å². The lowest BCUT2D eigenvalue weighted by atomic mass is 10.1. The summed E-state index contributed by atoms with van der Waals surface area (Å²) in [7, 11) is -1.95. The van der Waals surface area contributed by atoms with E-state index in [2.05, 4.69) is 26.0 Å². The van der Waals surface area contributed by atoms with E-state index < -0.39 is 10.0 Å². The molecular weight excluding hydrogens is 332 g/mol. The third-order valence-corrected chi connectivity index (χ3v) is 5.59. The van der Waals surface area contributed by atoms with Gasteiger partial charge in [0.15, 0.2) is 0 Å². The normalized spacial score (nSPS) is 17.4. The van der Waals surface area contributed by atoms with Gasteiger partial charge in [-0.1, -0.05) is 0 Å². The van der Waals surface area contributed by atoms with E-state index in [4.69, 9.17) is 4.74 Å². The molecule has 2 rings (SSSR count). The molecule has 0 saturated carbocycles. The van der Waals surface area contributed by atoms with Gasteiger partial charge in [-0.25, -0.2) is 13.1 Å². The van der Waals surface area contributed by atoms with Crippen molar-refractivity contribution in [1.82, 2.24) is 10.0 Å². The van der Waals surface area contributed by atoms with Crippen molar-refractivity contribution in [2.24, 2.45) is 0 Å². The number of benzene rings is 1. The van der Waals surface area contributed by atoms with Crippen molar-refractivity contribution < 1.29 is 13.2 Å². The summed E-state index contributed by atoms with van der Waals surface area (Å²) in [6.45, 7) is 1.69. The van der Waals surface area contributed by atoms with Crippen LogP contribution in [0.15, 0.2) is 27.6 Å². The first-order chi connectivity index (χ1) is 9.03. The maximum absolute atomic E-state index is 12.3. The van der Waals surface area contributed by atoms with E-state index in [0.717, 1.165) is 25.9 Å².